The van der Waals surface area contributed by atoms with Crippen LogP contribution in [-0.4, -0.2) is 0 Å². The Bertz CT molecular complexity index is 96.2. The number of unbranched alkanes of at least 4 members (excludes halogenated alkanes) is 2. The summed E-state index contributed by atoms with van der Waals surface area (Å²) in [7, 11) is 0. The number of rotatable bonds is 8. The third-order valence-electron chi connectivity index (χ3n) is 3.15. The van der Waals surface area contributed by atoms with Gasteiger partial charge < -0.3 is 0 Å². The van der Waals surface area contributed by atoms with E-state index in [1.807, 2.05) is 0 Å². The third-order valence-corrected chi connectivity index (χ3v) is 3.15. The monoisotopic (exact) mass is 184 g/mol. The highest BCUT2D eigenvalue weighted by Gasteiger charge is 2.04. The van der Waals surface area contributed by atoms with E-state index in [9.17, 15) is 0 Å². The van der Waals surface area contributed by atoms with E-state index < -0.39 is 0 Å². The van der Waals surface area contributed by atoms with Crippen LogP contribution >= 0.6 is 0 Å². The molecule has 0 aliphatic rings. The maximum atomic E-state index is 2.41. The zero-order valence-corrected chi connectivity index (χ0v) is 10.1. The summed E-state index contributed by atoms with van der Waals surface area (Å²) in [5.74, 6) is 1.90. The van der Waals surface area contributed by atoms with Crippen LogP contribution in [0.4, 0.5) is 0 Å². The second-order valence-electron chi connectivity index (χ2n) is 4.69. The summed E-state index contributed by atoms with van der Waals surface area (Å²) < 4.78 is 0. The summed E-state index contributed by atoms with van der Waals surface area (Å²) in [6, 6.07) is 0. The van der Waals surface area contributed by atoms with E-state index in [0.717, 1.165) is 11.8 Å². The molecule has 0 nitrogen and oxygen atoms in total. The minimum absolute atomic E-state index is 0.939. The van der Waals surface area contributed by atoms with Gasteiger partial charge in [-0.25, -0.2) is 0 Å². The van der Waals surface area contributed by atoms with Crippen molar-refractivity contribution >= 4 is 0 Å². The highest BCUT2D eigenvalue weighted by molar-refractivity contribution is 4.57. The lowest BCUT2D eigenvalue weighted by atomic mass is 9.93. The molecular weight excluding hydrogens is 156 g/mol. The molecule has 0 heterocycles. The molecule has 0 saturated carbocycles. The SMILES string of the molecule is CCCCC[C@H](C)CC[C@@H](C)CC. The van der Waals surface area contributed by atoms with Gasteiger partial charge in [0.25, 0.3) is 0 Å². The molecular formula is C13H28. The highest BCUT2D eigenvalue weighted by atomic mass is 14.1. The minimum Gasteiger partial charge on any atom is -0.0654 e. The molecule has 13 heavy (non-hydrogen) atoms. The molecule has 0 amide bonds. The molecule has 0 aromatic carbocycles. The third kappa shape index (κ3) is 8.33. The van der Waals surface area contributed by atoms with E-state index in [0.29, 0.717) is 0 Å². The van der Waals surface area contributed by atoms with Crippen LogP contribution in [0, 0.1) is 11.8 Å². The lowest BCUT2D eigenvalue weighted by molar-refractivity contribution is 0.395. The summed E-state index contributed by atoms with van der Waals surface area (Å²) in [6.07, 6.45) is 9.90. The normalized spacial score (nSPS) is 15.7. The first-order valence-corrected chi connectivity index (χ1v) is 6.20. The molecule has 80 valence electrons. The van der Waals surface area contributed by atoms with Crippen molar-refractivity contribution in [1.29, 1.82) is 0 Å². The fourth-order valence-corrected chi connectivity index (χ4v) is 1.66. The Balaban J connectivity index is 3.24. The predicted molar refractivity (Wildman–Crippen MR) is 62.0 cm³/mol. The van der Waals surface area contributed by atoms with E-state index in [-0.39, 0.29) is 0 Å². The van der Waals surface area contributed by atoms with Gasteiger partial charge in [0.15, 0.2) is 0 Å². The van der Waals surface area contributed by atoms with Crippen LogP contribution in [0.1, 0.15) is 72.6 Å². The van der Waals surface area contributed by atoms with Gasteiger partial charge in [-0.1, -0.05) is 72.6 Å². The van der Waals surface area contributed by atoms with E-state index >= 15 is 0 Å². The van der Waals surface area contributed by atoms with E-state index in [1.54, 1.807) is 0 Å². The Hall–Kier alpha value is 0. The van der Waals surface area contributed by atoms with Crippen LogP contribution in [0.5, 0.6) is 0 Å². The molecule has 0 spiro atoms. The van der Waals surface area contributed by atoms with Gasteiger partial charge >= 0.3 is 0 Å². The van der Waals surface area contributed by atoms with Crippen LogP contribution < -0.4 is 0 Å². The Kier molecular flexibility index (Phi) is 8.59. The summed E-state index contributed by atoms with van der Waals surface area (Å²) in [5, 5.41) is 0. The lowest BCUT2D eigenvalue weighted by Crippen LogP contribution is -1.99. The molecule has 0 aliphatic carbocycles. The largest absolute Gasteiger partial charge is 0.0654 e. The Morgan fingerprint density at radius 1 is 0.769 bits per heavy atom. The van der Waals surface area contributed by atoms with Crippen molar-refractivity contribution < 1.29 is 0 Å². The highest BCUT2D eigenvalue weighted by Crippen LogP contribution is 2.19. The van der Waals surface area contributed by atoms with E-state index in [2.05, 4.69) is 27.7 Å². The van der Waals surface area contributed by atoms with Crippen LogP contribution in [0.3, 0.4) is 0 Å². The first kappa shape index (κ1) is 13.0. The summed E-state index contributed by atoms with van der Waals surface area (Å²) >= 11 is 0. The molecule has 0 aromatic heterocycles. The molecule has 0 N–H and O–H groups in total. The molecule has 0 fully saturated rings. The average Bonchev–Trinajstić information content (AvgIpc) is 2.14. The maximum absolute atomic E-state index is 2.41. The van der Waals surface area contributed by atoms with Crippen LogP contribution in [0.15, 0.2) is 0 Å². The second kappa shape index (κ2) is 8.59. The molecule has 0 radical (unpaired) electrons. The molecule has 0 unspecified atom stereocenters. The standard InChI is InChI=1S/C13H28/c1-5-7-8-9-13(4)11-10-12(3)6-2/h12-13H,5-11H2,1-4H3/t12-,13-/m0/s1. The quantitative estimate of drug-likeness (QED) is 0.464. The summed E-state index contributed by atoms with van der Waals surface area (Å²) in [4.78, 5) is 0. The molecule has 0 aromatic rings. The zero-order chi connectivity index (χ0) is 10.1. The van der Waals surface area contributed by atoms with Crippen molar-refractivity contribution in [3.8, 4) is 0 Å². The predicted octanol–water partition coefficient (Wildman–Crippen LogP) is 5.03. The average molecular weight is 184 g/mol. The number of hydrogen-bond acceptors (Lipinski definition) is 0. The topological polar surface area (TPSA) is 0 Å². The fraction of sp³-hybridized carbons (Fsp3) is 1.00. The van der Waals surface area contributed by atoms with Crippen molar-refractivity contribution in [2.24, 2.45) is 11.8 Å². The van der Waals surface area contributed by atoms with Crippen molar-refractivity contribution in [3.63, 3.8) is 0 Å². The lowest BCUT2D eigenvalue weighted by Gasteiger charge is -2.13. The van der Waals surface area contributed by atoms with Crippen LogP contribution in [0.2, 0.25) is 0 Å². The van der Waals surface area contributed by atoms with Gasteiger partial charge in [-0.05, 0) is 11.8 Å². The van der Waals surface area contributed by atoms with Crippen molar-refractivity contribution in [2.75, 3.05) is 0 Å². The maximum Gasteiger partial charge on any atom is -0.0443 e. The summed E-state index contributed by atoms with van der Waals surface area (Å²) in [6.45, 7) is 9.37. The van der Waals surface area contributed by atoms with Crippen LogP contribution in [-0.2, 0) is 0 Å². The van der Waals surface area contributed by atoms with Gasteiger partial charge in [0.05, 0.1) is 0 Å². The second-order valence-corrected chi connectivity index (χ2v) is 4.69. The Labute approximate surface area is 85.1 Å². The molecule has 0 rings (SSSR count). The molecule has 2 atom stereocenters. The Morgan fingerprint density at radius 2 is 1.38 bits per heavy atom. The minimum atomic E-state index is 0.939. The molecule has 0 bridgehead atoms. The Morgan fingerprint density at radius 3 is 1.92 bits per heavy atom. The van der Waals surface area contributed by atoms with E-state index in [1.165, 1.54) is 44.9 Å². The van der Waals surface area contributed by atoms with Gasteiger partial charge in [-0.3, -0.25) is 0 Å². The molecule has 0 aliphatic heterocycles. The number of hydrogen-bond donors (Lipinski definition) is 0. The van der Waals surface area contributed by atoms with Crippen molar-refractivity contribution in [3.05, 3.63) is 0 Å². The zero-order valence-electron chi connectivity index (χ0n) is 10.1. The van der Waals surface area contributed by atoms with Gasteiger partial charge in [-0.2, -0.15) is 0 Å². The smallest absolute Gasteiger partial charge is 0.0443 e. The van der Waals surface area contributed by atoms with Crippen molar-refractivity contribution in [1.82, 2.24) is 0 Å². The van der Waals surface area contributed by atoms with E-state index in [4.69, 9.17) is 0 Å². The van der Waals surface area contributed by atoms with Crippen molar-refractivity contribution in [2.45, 2.75) is 72.6 Å². The fourth-order valence-electron chi connectivity index (χ4n) is 1.66. The molecule has 0 saturated heterocycles. The van der Waals surface area contributed by atoms with Gasteiger partial charge in [0, 0.05) is 0 Å². The molecule has 0 heteroatoms. The summed E-state index contributed by atoms with van der Waals surface area (Å²) in [5.41, 5.74) is 0. The van der Waals surface area contributed by atoms with Gasteiger partial charge in [0.1, 0.15) is 0 Å². The first-order chi connectivity index (χ1) is 6.20. The van der Waals surface area contributed by atoms with Gasteiger partial charge in [0.2, 0.25) is 0 Å². The first-order valence-electron chi connectivity index (χ1n) is 6.20. The van der Waals surface area contributed by atoms with Crippen LogP contribution in [0.25, 0.3) is 0 Å². The van der Waals surface area contributed by atoms with Gasteiger partial charge in [-0.15, -0.1) is 0 Å².